The average molecular weight is 401 g/mol. The number of carbonyl (C=O) groups excluding carboxylic acids is 4. The normalized spacial score (nSPS) is 20.5. The van der Waals surface area contributed by atoms with Gasteiger partial charge in [0.05, 0.1) is 23.4 Å². The van der Waals surface area contributed by atoms with Gasteiger partial charge in [0, 0.05) is 6.54 Å². The first-order valence-corrected chi connectivity index (χ1v) is 9.81. The molecule has 1 fully saturated rings. The largest absolute Gasteiger partial charge is 0.548 e. The number of hydrogen-bond donors (Lipinski definition) is 2. The highest BCUT2D eigenvalue weighted by molar-refractivity contribution is 6.10. The maximum absolute atomic E-state index is 13.1. The second-order valence-corrected chi connectivity index (χ2v) is 7.47. The summed E-state index contributed by atoms with van der Waals surface area (Å²) in [4.78, 5) is 52.1. The van der Waals surface area contributed by atoms with Crippen LogP contribution in [0, 0.1) is 5.92 Å². The molecule has 3 atom stereocenters. The summed E-state index contributed by atoms with van der Waals surface area (Å²) in [6.07, 6.45) is 1.53. The maximum atomic E-state index is 13.1. The van der Waals surface area contributed by atoms with Gasteiger partial charge in [0.1, 0.15) is 12.6 Å². The summed E-state index contributed by atoms with van der Waals surface area (Å²) in [5.74, 6) is -2.27. The van der Waals surface area contributed by atoms with Crippen LogP contribution in [0.1, 0.15) is 33.1 Å². The Morgan fingerprint density at radius 1 is 1.31 bits per heavy atom. The van der Waals surface area contributed by atoms with Gasteiger partial charge in [-0.3, -0.25) is 14.5 Å². The molecule has 0 radical (unpaired) electrons. The molecule has 4 amide bonds. The molecule has 29 heavy (non-hydrogen) atoms. The van der Waals surface area contributed by atoms with E-state index >= 15 is 0 Å². The molecule has 0 saturated carbocycles. The number of anilines is 2. The van der Waals surface area contributed by atoms with Crippen molar-refractivity contribution in [3.05, 3.63) is 24.3 Å². The Bertz CT molecular complexity index is 827. The minimum Gasteiger partial charge on any atom is -0.548 e. The number of benzene rings is 1. The van der Waals surface area contributed by atoms with E-state index in [1.54, 1.807) is 24.3 Å². The van der Waals surface area contributed by atoms with Gasteiger partial charge in [-0.25, -0.2) is 4.79 Å². The van der Waals surface area contributed by atoms with Crippen molar-refractivity contribution in [2.24, 2.45) is 5.92 Å². The van der Waals surface area contributed by atoms with Crippen molar-refractivity contribution in [1.29, 1.82) is 0 Å². The van der Waals surface area contributed by atoms with Crippen LogP contribution in [-0.4, -0.2) is 53.9 Å². The molecule has 9 nitrogen and oxygen atoms in total. The molecule has 9 heteroatoms. The molecule has 2 aliphatic heterocycles. The summed E-state index contributed by atoms with van der Waals surface area (Å²) in [6.45, 7) is 3.86. The molecule has 0 bridgehead atoms. The number of hydrogen-bond acceptors (Lipinski definition) is 5. The Morgan fingerprint density at radius 3 is 2.72 bits per heavy atom. The molecule has 1 aromatic rings. The highest BCUT2D eigenvalue weighted by Gasteiger charge is 2.38. The number of likely N-dealkylation sites (tertiary alicyclic amines) is 1. The predicted molar refractivity (Wildman–Crippen MR) is 104 cm³/mol. The number of amides is 4. The van der Waals surface area contributed by atoms with Crippen molar-refractivity contribution >= 4 is 35.2 Å². The van der Waals surface area contributed by atoms with Crippen LogP contribution in [0.4, 0.5) is 16.2 Å². The van der Waals surface area contributed by atoms with Gasteiger partial charge in [0.15, 0.2) is 0 Å². The minimum absolute atomic E-state index is 0.171. The van der Waals surface area contributed by atoms with E-state index in [1.165, 1.54) is 9.80 Å². The average Bonchev–Trinajstić information content (AvgIpc) is 3.20. The fraction of sp³-hybridized carbons (Fsp3) is 0.500. The quantitative estimate of drug-likeness (QED) is 0.735. The number of carboxylic acids is 1. The fourth-order valence-corrected chi connectivity index (χ4v) is 3.76. The van der Waals surface area contributed by atoms with Crippen molar-refractivity contribution < 1.29 is 24.3 Å². The standard InChI is InChI=1S/C20H26N4O5/c1-3-12(2)17(18(26)23-10-6-9-15(23)19(27)28)22-20(29)24-11-16(25)21-13-7-4-5-8-14(13)24/h4-5,7-8,12,15,17H,3,6,9-11H2,1-2H3,(H,21,25)(H,22,29)(H,27,28)/p-1/t12-,15-,17-/m0/s1. The Labute approximate surface area is 169 Å². The van der Waals surface area contributed by atoms with Gasteiger partial charge >= 0.3 is 6.03 Å². The summed E-state index contributed by atoms with van der Waals surface area (Å²) in [7, 11) is 0. The summed E-state index contributed by atoms with van der Waals surface area (Å²) >= 11 is 0. The molecule has 0 spiro atoms. The van der Waals surface area contributed by atoms with Crippen molar-refractivity contribution in [1.82, 2.24) is 10.2 Å². The lowest BCUT2D eigenvalue weighted by Crippen LogP contribution is -2.58. The van der Waals surface area contributed by atoms with Gasteiger partial charge < -0.3 is 25.4 Å². The van der Waals surface area contributed by atoms with E-state index in [2.05, 4.69) is 10.6 Å². The molecule has 0 unspecified atom stereocenters. The van der Waals surface area contributed by atoms with Gasteiger partial charge in [-0.15, -0.1) is 0 Å². The van der Waals surface area contributed by atoms with Gasteiger partial charge in [0.2, 0.25) is 11.8 Å². The Balaban J connectivity index is 1.82. The van der Waals surface area contributed by atoms with E-state index in [0.717, 1.165) is 0 Å². The maximum Gasteiger partial charge on any atom is 0.323 e. The van der Waals surface area contributed by atoms with Crippen molar-refractivity contribution in [3.63, 3.8) is 0 Å². The highest BCUT2D eigenvalue weighted by Crippen LogP contribution is 2.29. The van der Waals surface area contributed by atoms with Crippen molar-refractivity contribution in [2.45, 2.75) is 45.2 Å². The first kappa shape index (κ1) is 20.6. The number of carboxylic acid groups (broad SMARTS) is 1. The van der Waals surface area contributed by atoms with Gasteiger partial charge in [-0.1, -0.05) is 32.4 Å². The number of urea groups is 1. The zero-order valence-corrected chi connectivity index (χ0v) is 16.5. The predicted octanol–water partition coefficient (Wildman–Crippen LogP) is 0.310. The zero-order chi connectivity index (χ0) is 21.1. The highest BCUT2D eigenvalue weighted by atomic mass is 16.4. The lowest BCUT2D eigenvalue weighted by molar-refractivity contribution is -0.310. The summed E-state index contributed by atoms with van der Waals surface area (Å²) in [5, 5.41) is 16.8. The van der Waals surface area contributed by atoms with Gasteiger partial charge in [-0.05, 0) is 30.9 Å². The third-order valence-corrected chi connectivity index (χ3v) is 5.58. The lowest BCUT2D eigenvalue weighted by Gasteiger charge is -2.35. The fourth-order valence-electron chi connectivity index (χ4n) is 3.76. The molecule has 1 aromatic carbocycles. The van der Waals surface area contributed by atoms with Crippen molar-refractivity contribution in [2.75, 3.05) is 23.3 Å². The number of nitrogens with one attached hydrogen (secondary N) is 2. The lowest BCUT2D eigenvalue weighted by atomic mass is 9.97. The molecular formula is C20H25N4O5-. The third kappa shape index (κ3) is 4.18. The van der Waals surface area contributed by atoms with E-state index in [9.17, 15) is 24.3 Å². The first-order valence-electron chi connectivity index (χ1n) is 9.81. The molecule has 0 aromatic heterocycles. The molecule has 2 heterocycles. The third-order valence-electron chi connectivity index (χ3n) is 5.58. The number of nitrogens with zero attached hydrogens (tertiary/aromatic N) is 2. The molecule has 3 rings (SSSR count). The molecule has 2 aliphatic rings. The van der Waals surface area contributed by atoms with E-state index in [0.29, 0.717) is 37.2 Å². The van der Waals surface area contributed by atoms with Crippen LogP contribution >= 0.6 is 0 Å². The SMILES string of the molecule is CC[C@H](C)[C@H](NC(=O)N1CC(=O)Nc2ccccc21)C(=O)N1CCC[C@H]1C(=O)[O-]. The smallest absolute Gasteiger partial charge is 0.323 e. The number of fused-ring (bicyclic) bond motifs is 1. The second-order valence-electron chi connectivity index (χ2n) is 7.47. The number of rotatable bonds is 5. The molecule has 0 aliphatic carbocycles. The van der Waals surface area contributed by atoms with Crippen LogP contribution in [0.25, 0.3) is 0 Å². The monoisotopic (exact) mass is 401 g/mol. The summed E-state index contributed by atoms with van der Waals surface area (Å²) < 4.78 is 0. The molecule has 1 saturated heterocycles. The zero-order valence-electron chi connectivity index (χ0n) is 16.5. The van der Waals surface area contributed by atoms with Crippen LogP contribution in [0.3, 0.4) is 0 Å². The van der Waals surface area contributed by atoms with Gasteiger partial charge in [0.25, 0.3) is 0 Å². The van der Waals surface area contributed by atoms with Crippen molar-refractivity contribution in [3.8, 4) is 0 Å². The van der Waals surface area contributed by atoms with Crippen LogP contribution in [0.2, 0.25) is 0 Å². The van der Waals surface area contributed by atoms with Crippen LogP contribution < -0.4 is 20.6 Å². The van der Waals surface area contributed by atoms with Crippen LogP contribution in [0.5, 0.6) is 0 Å². The van der Waals surface area contributed by atoms with Gasteiger partial charge in [-0.2, -0.15) is 0 Å². The van der Waals surface area contributed by atoms with E-state index in [1.807, 2.05) is 13.8 Å². The summed E-state index contributed by atoms with van der Waals surface area (Å²) in [5.41, 5.74) is 1.05. The first-order chi connectivity index (χ1) is 13.8. The molecule has 156 valence electrons. The van der Waals surface area contributed by atoms with Crippen LogP contribution in [-0.2, 0) is 14.4 Å². The summed E-state index contributed by atoms with van der Waals surface area (Å²) in [6, 6.07) is 4.45. The Hall–Kier alpha value is -3.10. The van der Waals surface area contributed by atoms with E-state index < -0.39 is 30.0 Å². The van der Waals surface area contributed by atoms with E-state index in [4.69, 9.17) is 0 Å². The molecule has 2 N–H and O–H groups in total. The van der Waals surface area contributed by atoms with E-state index in [-0.39, 0.29) is 18.4 Å². The topological polar surface area (TPSA) is 122 Å². The number of aliphatic carboxylic acids is 1. The Morgan fingerprint density at radius 2 is 2.03 bits per heavy atom. The number of para-hydroxylation sites is 2. The minimum atomic E-state index is -1.29. The van der Waals surface area contributed by atoms with Crippen LogP contribution in [0.15, 0.2) is 24.3 Å². The second kappa shape index (κ2) is 8.50. The molecular weight excluding hydrogens is 376 g/mol. The Kier molecular flexibility index (Phi) is 6.05. The number of carbonyl (C=O) groups is 4.